The molecule has 2 atom stereocenters. The molecule has 0 aliphatic carbocycles. The van der Waals surface area contributed by atoms with E-state index in [9.17, 15) is 0 Å². The normalized spacial score (nSPS) is 16.9. The van der Waals surface area contributed by atoms with Crippen molar-refractivity contribution in [2.75, 3.05) is 0 Å². The average molecular weight is 280 g/mol. The van der Waals surface area contributed by atoms with Crippen LogP contribution < -0.4 is 0 Å². The second-order valence-electron chi connectivity index (χ2n) is 3.77. The van der Waals surface area contributed by atoms with Gasteiger partial charge >= 0.3 is 89.4 Å². The van der Waals surface area contributed by atoms with Gasteiger partial charge in [0.1, 0.15) is 0 Å². The maximum absolute atomic E-state index is 6.16. The Kier molecular flexibility index (Phi) is 7.24. The molecule has 0 saturated heterocycles. The van der Waals surface area contributed by atoms with E-state index >= 15 is 0 Å². The SMILES string of the molecule is CC(C)CC(Cl)CC(C)[CH2][Sn]. The first kappa shape index (κ1) is 12.1. The summed E-state index contributed by atoms with van der Waals surface area (Å²) in [6, 6.07) is 0. The van der Waals surface area contributed by atoms with Crippen molar-refractivity contribution in [1.29, 1.82) is 0 Å². The van der Waals surface area contributed by atoms with Gasteiger partial charge in [0, 0.05) is 0 Å². The molecular formula is C9H18ClSn. The van der Waals surface area contributed by atoms with E-state index in [0.29, 0.717) is 5.38 Å². The minimum absolute atomic E-state index is 0.408. The number of rotatable bonds is 5. The summed E-state index contributed by atoms with van der Waals surface area (Å²) < 4.78 is 1.34. The zero-order chi connectivity index (χ0) is 8.85. The third-order valence-electron chi connectivity index (χ3n) is 1.73. The standard InChI is InChI=1S/C9H18Cl.Sn/c1-7(2)5-9(10)6-8(3)4;/h7-9H,1,5-6H2,2-4H3;. The zero-order valence-electron chi connectivity index (χ0n) is 7.73. The number of hydrogen-bond acceptors (Lipinski definition) is 0. The molecule has 0 amide bonds. The van der Waals surface area contributed by atoms with Crippen molar-refractivity contribution in [2.24, 2.45) is 11.8 Å². The first-order valence-electron chi connectivity index (χ1n) is 4.35. The number of hydrogen-bond donors (Lipinski definition) is 0. The van der Waals surface area contributed by atoms with Gasteiger partial charge in [0.15, 0.2) is 0 Å². The molecule has 2 unspecified atom stereocenters. The molecule has 3 radical (unpaired) electrons. The van der Waals surface area contributed by atoms with Gasteiger partial charge in [-0.1, -0.05) is 0 Å². The fourth-order valence-electron chi connectivity index (χ4n) is 1.13. The van der Waals surface area contributed by atoms with Crippen molar-refractivity contribution in [3.8, 4) is 0 Å². The van der Waals surface area contributed by atoms with E-state index in [0.717, 1.165) is 11.8 Å². The molecule has 0 N–H and O–H groups in total. The first-order valence-corrected chi connectivity index (χ1v) is 6.80. The quantitative estimate of drug-likeness (QED) is 0.536. The van der Waals surface area contributed by atoms with Crippen LogP contribution in [0.1, 0.15) is 33.6 Å². The second-order valence-corrected chi connectivity index (χ2v) is 5.55. The van der Waals surface area contributed by atoms with Crippen LogP contribution in [0.25, 0.3) is 0 Å². The molecule has 0 aliphatic rings. The van der Waals surface area contributed by atoms with Gasteiger partial charge in [0.2, 0.25) is 0 Å². The Morgan fingerprint density at radius 2 is 1.73 bits per heavy atom. The Morgan fingerprint density at radius 1 is 1.18 bits per heavy atom. The molecule has 0 nitrogen and oxygen atoms in total. The topological polar surface area (TPSA) is 0 Å². The second kappa shape index (κ2) is 6.59. The maximum atomic E-state index is 6.16. The molecule has 0 spiro atoms. The summed E-state index contributed by atoms with van der Waals surface area (Å²) in [6.07, 6.45) is 2.37. The van der Waals surface area contributed by atoms with E-state index in [1.165, 1.54) is 17.3 Å². The van der Waals surface area contributed by atoms with Crippen molar-refractivity contribution in [1.82, 2.24) is 0 Å². The van der Waals surface area contributed by atoms with Gasteiger partial charge < -0.3 is 0 Å². The molecule has 0 rings (SSSR count). The number of halogens is 1. The van der Waals surface area contributed by atoms with Crippen molar-refractivity contribution >= 4 is 34.1 Å². The molecule has 0 aromatic carbocycles. The molecule has 11 heavy (non-hydrogen) atoms. The van der Waals surface area contributed by atoms with Crippen LogP contribution in [-0.4, -0.2) is 27.9 Å². The van der Waals surface area contributed by atoms with E-state index in [4.69, 9.17) is 11.6 Å². The number of alkyl halides is 1. The van der Waals surface area contributed by atoms with E-state index in [-0.39, 0.29) is 0 Å². The van der Waals surface area contributed by atoms with E-state index in [2.05, 4.69) is 20.8 Å². The van der Waals surface area contributed by atoms with Crippen molar-refractivity contribution in [3.05, 3.63) is 0 Å². The molecule has 0 saturated carbocycles. The first-order chi connectivity index (χ1) is 5.06. The Morgan fingerprint density at radius 3 is 2.09 bits per heavy atom. The molecule has 0 aliphatic heterocycles. The van der Waals surface area contributed by atoms with Crippen LogP contribution >= 0.6 is 11.6 Å². The van der Waals surface area contributed by atoms with Gasteiger partial charge in [-0.2, -0.15) is 0 Å². The van der Waals surface area contributed by atoms with E-state index in [1.54, 1.807) is 22.5 Å². The van der Waals surface area contributed by atoms with Crippen LogP contribution in [0, 0.1) is 11.8 Å². The minimum atomic E-state index is 0.408. The summed E-state index contributed by atoms with van der Waals surface area (Å²) in [5.41, 5.74) is 0. The molecule has 0 aromatic rings. The summed E-state index contributed by atoms with van der Waals surface area (Å²) in [7, 11) is 0. The Labute approximate surface area is 89.2 Å². The fraction of sp³-hybridized carbons (Fsp3) is 1.00. The predicted molar refractivity (Wildman–Crippen MR) is 53.4 cm³/mol. The molecule has 2 heteroatoms. The molecule has 0 bridgehead atoms. The summed E-state index contributed by atoms with van der Waals surface area (Å²) >= 11 is 7.80. The Bertz CT molecular complexity index is 93.6. The van der Waals surface area contributed by atoms with Gasteiger partial charge in [-0.15, -0.1) is 0 Å². The zero-order valence-corrected chi connectivity index (χ0v) is 11.3. The van der Waals surface area contributed by atoms with Gasteiger partial charge in [0.25, 0.3) is 0 Å². The summed E-state index contributed by atoms with van der Waals surface area (Å²) in [4.78, 5) is 0. The molecule has 65 valence electrons. The van der Waals surface area contributed by atoms with Crippen LogP contribution in [0.4, 0.5) is 0 Å². The fourth-order valence-corrected chi connectivity index (χ4v) is 2.26. The van der Waals surface area contributed by atoms with Crippen LogP contribution in [-0.2, 0) is 0 Å². The van der Waals surface area contributed by atoms with E-state index < -0.39 is 0 Å². The van der Waals surface area contributed by atoms with E-state index in [1.807, 2.05) is 0 Å². The third kappa shape index (κ3) is 7.45. The summed E-state index contributed by atoms with van der Waals surface area (Å²) in [5.74, 6) is 1.57. The van der Waals surface area contributed by atoms with Gasteiger partial charge in [0.05, 0.1) is 0 Å². The van der Waals surface area contributed by atoms with Gasteiger partial charge in [-0.3, -0.25) is 0 Å². The molecule has 0 heterocycles. The Balaban J connectivity index is 3.43. The van der Waals surface area contributed by atoms with Crippen LogP contribution in [0.3, 0.4) is 0 Å². The van der Waals surface area contributed by atoms with Crippen molar-refractivity contribution in [3.63, 3.8) is 0 Å². The summed E-state index contributed by atoms with van der Waals surface area (Å²) in [6.45, 7) is 6.76. The molecule has 0 fully saturated rings. The molecule has 0 aromatic heterocycles. The monoisotopic (exact) mass is 281 g/mol. The van der Waals surface area contributed by atoms with Crippen LogP contribution in [0.15, 0.2) is 0 Å². The van der Waals surface area contributed by atoms with Gasteiger partial charge in [-0.05, 0) is 0 Å². The van der Waals surface area contributed by atoms with Gasteiger partial charge in [-0.25, -0.2) is 0 Å². The van der Waals surface area contributed by atoms with Crippen LogP contribution in [0.2, 0.25) is 4.44 Å². The molecular weight excluding hydrogens is 262 g/mol. The van der Waals surface area contributed by atoms with Crippen molar-refractivity contribution in [2.45, 2.75) is 43.4 Å². The summed E-state index contributed by atoms with van der Waals surface area (Å²) in [5, 5.41) is 0.408. The average Bonchev–Trinajstić information content (AvgIpc) is 1.85. The third-order valence-corrected chi connectivity index (χ3v) is 4.08. The van der Waals surface area contributed by atoms with Crippen LogP contribution in [0.5, 0.6) is 0 Å². The predicted octanol–water partition coefficient (Wildman–Crippen LogP) is 3.25. The Hall–Kier alpha value is 1.09. The van der Waals surface area contributed by atoms with Crippen molar-refractivity contribution < 1.29 is 0 Å².